The van der Waals surface area contributed by atoms with Crippen LogP contribution >= 0.6 is 0 Å². The number of para-hydroxylation sites is 1. The summed E-state index contributed by atoms with van der Waals surface area (Å²) in [5.74, 6) is 0.157. The van der Waals surface area contributed by atoms with E-state index in [4.69, 9.17) is 10.5 Å². The maximum Gasteiger partial charge on any atom is 0.265 e. The van der Waals surface area contributed by atoms with Crippen molar-refractivity contribution in [3.63, 3.8) is 0 Å². The minimum atomic E-state index is -0.659. The van der Waals surface area contributed by atoms with Crippen LogP contribution in [0.3, 0.4) is 0 Å². The lowest BCUT2D eigenvalue weighted by atomic mass is 9.87. The van der Waals surface area contributed by atoms with Gasteiger partial charge in [-0.25, -0.2) is 0 Å². The standard InChI is InChI=1S/C25H33N3O3/c1-17(31-20-11-7-10-19(15-20)25(2,3)4)24(30)27-21-12-6-5-9-18(21)16-28-14-8-13-22(28)23(26)29/h5-7,9-12,15,17,22H,8,13-14,16H2,1-4H3,(H2,26,29)(H,27,30). The van der Waals surface area contributed by atoms with Gasteiger partial charge in [-0.05, 0) is 61.1 Å². The van der Waals surface area contributed by atoms with Gasteiger partial charge in [0.15, 0.2) is 6.10 Å². The zero-order valence-corrected chi connectivity index (χ0v) is 18.9. The summed E-state index contributed by atoms with van der Waals surface area (Å²) in [5.41, 5.74) is 8.37. The summed E-state index contributed by atoms with van der Waals surface area (Å²) in [6.07, 6.45) is 1.07. The molecule has 1 fully saturated rings. The fourth-order valence-electron chi connectivity index (χ4n) is 3.86. The zero-order valence-electron chi connectivity index (χ0n) is 18.9. The molecule has 0 aromatic heterocycles. The molecule has 1 heterocycles. The highest BCUT2D eigenvalue weighted by Crippen LogP contribution is 2.27. The summed E-state index contributed by atoms with van der Waals surface area (Å²) in [7, 11) is 0. The molecule has 6 heteroatoms. The molecule has 2 unspecified atom stereocenters. The van der Waals surface area contributed by atoms with Crippen LogP contribution in [0.4, 0.5) is 5.69 Å². The molecule has 0 aliphatic carbocycles. The molecule has 1 aliphatic rings. The maximum atomic E-state index is 12.8. The molecule has 0 bridgehead atoms. The third kappa shape index (κ3) is 5.85. The molecule has 0 radical (unpaired) electrons. The summed E-state index contributed by atoms with van der Waals surface area (Å²) in [5, 5.41) is 2.99. The molecule has 1 aliphatic heterocycles. The van der Waals surface area contributed by atoms with Crippen molar-refractivity contribution < 1.29 is 14.3 Å². The van der Waals surface area contributed by atoms with Crippen LogP contribution in [0, 0.1) is 0 Å². The first-order valence-electron chi connectivity index (χ1n) is 10.8. The molecule has 6 nitrogen and oxygen atoms in total. The molecule has 2 atom stereocenters. The van der Waals surface area contributed by atoms with E-state index in [1.165, 1.54) is 0 Å². The second-order valence-corrected chi connectivity index (χ2v) is 9.22. The largest absolute Gasteiger partial charge is 0.481 e. The smallest absolute Gasteiger partial charge is 0.265 e. The highest BCUT2D eigenvalue weighted by molar-refractivity contribution is 5.94. The van der Waals surface area contributed by atoms with Crippen LogP contribution in [0.5, 0.6) is 5.75 Å². The van der Waals surface area contributed by atoms with Gasteiger partial charge in [0, 0.05) is 12.2 Å². The fraction of sp³-hybridized carbons (Fsp3) is 0.440. The molecular formula is C25H33N3O3. The van der Waals surface area contributed by atoms with Crippen molar-refractivity contribution in [2.75, 3.05) is 11.9 Å². The number of nitrogens with one attached hydrogen (secondary N) is 1. The quantitative estimate of drug-likeness (QED) is 0.709. The van der Waals surface area contributed by atoms with Gasteiger partial charge in [0.2, 0.25) is 5.91 Å². The van der Waals surface area contributed by atoms with E-state index in [0.717, 1.165) is 36.2 Å². The van der Waals surface area contributed by atoms with Gasteiger partial charge in [0.25, 0.3) is 5.91 Å². The van der Waals surface area contributed by atoms with Gasteiger partial charge in [-0.2, -0.15) is 0 Å². The Bertz CT molecular complexity index is 936. The van der Waals surface area contributed by atoms with Gasteiger partial charge in [-0.15, -0.1) is 0 Å². The number of nitrogens with two attached hydrogens (primary N) is 1. The summed E-state index contributed by atoms with van der Waals surface area (Å²) in [4.78, 5) is 26.6. The summed E-state index contributed by atoms with van der Waals surface area (Å²) in [6, 6.07) is 15.2. The molecule has 1 saturated heterocycles. The van der Waals surface area contributed by atoms with Crippen LogP contribution in [0.1, 0.15) is 51.7 Å². The summed E-state index contributed by atoms with van der Waals surface area (Å²) >= 11 is 0. The Morgan fingerprint density at radius 2 is 1.94 bits per heavy atom. The number of benzene rings is 2. The van der Waals surface area contributed by atoms with E-state index in [2.05, 4.69) is 37.1 Å². The predicted molar refractivity (Wildman–Crippen MR) is 123 cm³/mol. The number of hydrogen-bond donors (Lipinski definition) is 2. The van der Waals surface area contributed by atoms with E-state index in [1.54, 1.807) is 6.92 Å². The van der Waals surface area contributed by atoms with Gasteiger partial charge in [0.1, 0.15) is 5.75 Å². The number of carbonyl (C=O) groups excluding carboxylic acids is 2. The van der Waals surface area contributed by atoms with Crippen molar-refractivity contribution in [1.29, 1.82) is 0 Å². The van der Waals surface area contributed by atoms with Crippen molar-refractivity contribution in [2.45, 2.75) is 64.6 Å². The molecule has 31 heavy (non-hydrogen) atoms. The van der Waals surface area contributed by atoms with Gasteiger partial charge in [-0.3, -0.25) is 14.5 Å². The molecular weight excluding hydrogens is 390 g/mol. The monoisotopic (exact) mass is 423 g/mol. The minimum Gasteiger partial charge on any atom is -0.481 e. The Hall–Kier alpha value is -2.86. The SMILES string of the molecule is CC(Oc1cccc(C(C)(C)C)c1)C(=O)Nc1ccccc1CN1CCCC1C(N)=O. The van der Waals surface area contributed by atoms with Crippen molar-refractivity contribution in [3.05, 3.63) is 59.7 Å². The number of nitrogens with zero attached hydrogens (tertiary/aromatic N) is 1. The van der Waals surface area contributed by atoms with Gasteiger partial charge < -0.3 is 15.8 Å². The number of rotatable bonds is 7. The molecule has 0 saturated carbocycles. The van der Waals surface area contributed by atoms with E-state index in [-0.39, 0.29) is 23.3 Å². The van der Waals surface area contributed by atoms with E-state index >= 15 is 0 Å². The second kappa shape index (κ2) is 9.52. The Morgan fingerprint density at radius 1 is 1.19 bits per heavy atom. The minimum absolute atomic E-state index is 0.00213. The zero-order chi connectivity index (χ0) is 22.6. The Labute approximate surface area is 184 Å². The van der Waals surface area contributed by atoms with Crippen LogP contribution in [0.2, 0.25) is 0 Å². The van der Waals surface area contributed by atoms with E-state index in [0.29, 0.717) is 12.3 Å². The number of anilines is 1. The Balaban J connectivity index is 1.67. The number of carbonyl (C=O) groups is 2. The number of primary amides is 1. The fourth-order valence-corrected chi connectivity index (χ4v) is 3.86. The van der Waals surface area contributed by atoms with Crippen LogP contribution < -0.4 is 15.8 Å². The van der Waals surface area contributed by atoms with Crippen molar-refractivity contribution in [3.8, 4) is 5.75 Å². The highest BCUT2D eigenvalue weighted by atomic mass is 16.5. The molecule has 3 N–H and O–H groups in total. The maximum absolute atomic E-state index is 12.8. The average Bonchev–Trinajstić information content (AvgIpc) is 3.17. The first kappa shape index (κ1) is 22.8. The van der Waals surface area contributed by atoms with Gasteiger partial charge in [-0.1, -0.05) is 51.1 Å². The lowest BCUT2D eigenvalue weighted by Gasteiger charge is -2.24. The average molecular weight is 424 g/mol. The van der Waals surface area contributed by atoms with Crippen LogP contribution in [-0.4, -0.2) is 35.4 Å². The molecule has 3 rings (SSSR count). The summed E-state index contributed by atoms with van der Waals surface area (Å²) in [6.45, 7) is 9.55. The third-order valence-corrected chi connectivity index (χ3v) is 5.72. The molecule has 2 aromatic rings. The topological polar surface area (TPSA) is 84.7 Å². The van der Waals surface area contributed by atoms with E-state index in [9.17, 15) is 9.59 Å². The predicted octanol–water partition coefficient (Wildman–Crippen LogP) is 3.84. The highest BCUT2D eigenvalue weighted by Gasteiger charge is 2.29. The lowest BCUT2D eigenvalue weighted by molar-refractivity contribution is -0.123. The first-order valence-corrected chi connectivity index (χ1v) is 10.8. The van der Waals surface area contributed by atoms with E-state index < -0.39 is 6.10 Å². The molecule has 0 spiro atoms. The Morgan fingerprint density at radius 3 is 2.65 bits per heavy atom. The Kier molecular flexibility index (Phi) is 7.01. The van der Waals surface area contributed by atoms with Crippen LogP contribution in [0.25, 0.3) is 0 Å². The van der Waals surface area contributed by atoms with Crippen LogP contribution in [-0.2, 0) is 21.5 Å². The van der Waals surface area contributed by atoms with Gasteiger partial charge >= 0.3 is 0 Å². The normalized spacial score (nSPS) is 17.9. The van der Waals surface area contributed by atoms with Crippen molar-refractivity contribution in [2.24, 2.45) is 5.73 Å². The van der Waals surface area contributed by atoms with Crippen molar-refractivity contribution in [1.82, 2.24) is 4.90 Å². The number of likely N-dealkylation sites (tertiary alicyclic amines) is 1. The molecule has 166 valence electrons. The first-order chi connectivity index (χ1) is 14.6. The second-order valence-electron chi connectivity index (χ2n) is 9.22. The van der Waals surface area contributed by atoms with Crippen molar-refractivity contribution >= 4 is 17.5 Å². The molecule has 2 amide bonds. The van der Waals surface area contributed by atoms with E-state index in [1.807, 2.05) is 42.5 Å². The number of amides is 2. The number of hydrogen-bond acceptors (Lipinski definition) is 4. The lowest BCUT2D eigenvalue weighted by Crippen LogP contribution is -2.40. The van der Waals surface area contributed by atoms with Crippen LogP contribution in [0.15, 0.2) is 48.5 Å². The summed E-state index contributed by atoms with van der Waals surface area (Å²) < 4.78 is 5.92. The third-order valence-electron chi connectivity index (χ3n) is 5.72. The molecule has 2 aromatic carbocycles. The van der Waals surface area contributed by atoms with Gasteiger partial charge in [0.05, 0.1) is 6.04 Å². The number of ether oxygens (including phenoxy) is 1.